The van der Waals surface area contributed by atoms with Crippen molar-refractivity contribution in [1.29, 1.82) is 0 Å². The lowest BCUT2D eigenvalue weighted by molar-refractivity contribution is 0.261. The van der Waals surface area contributed by atoms with E-state index in [9.17, 15) is 0 Å². The lowest BCUT2D eigenvalue weighted by Crippen LogP contribution is -2.40. The van der Waals surface area contributed by atoms with Crippen LogP contribution in [0.25, 0.3) is 0 Å². The number of hydrogen-bond donors (Lipinski definition) is 1. The van der Waals surface area contributed by atoms with Crippen LogP contribution in [0.1, 0.15) is 40.5 Å². The highest BCUT2D eigenvalue weighted by atomic mass is 15.1. The minimum atomic E-state index is 0.608. The Morgan fingerprint density at radius 2 is 1.86 bits per heavy atom. The van der Waals surface area contributed by atoms with Gasteiger partial charge in [-0.05, 0) is 46.1 Å². The Kier molecular flexibility index (Phi) is 3.96. The van der Waals surface area contributed by atoms with Crippen molar-refractivity contribution < 1.29 is 0 Å². The molecule has 1 aliphatic rings. The molecule has 0 aromatic heterocycles. The summed E-state index contributed by atoms with van der Waals surface area (Å²) in [5.41, 5.74) is 0.608. The Labute approximate surface area is 89.1 Å². The Morgan fingerprint density at radius 3 is 2.29 bits per heavy atom. The first-order valence-electron chi connectivity index (χ1n) is 5.89. The van der Waals surface area contributed by atoms with Crippen molar-refractivity contribution in [2.75, 3.05) is 20.1 Å². The summed E-state index contributed by atoms with van der Waals surface area (Å²) in [6.45, 7) is 11.5. The highest BCUT2D eigenvalue weighted by molar-refractivity contribution is 4.96. The molecule has 0 saturated heterocycles. The summed E-state index contributed by atoms with van der Waals surface area (Å²) >= 11 is 0. The third-order valence-electron chi connectivity index (χ3n) is 3.88. The van der Waals surface area contributed by atoms with Gasteiger partial charge in [0.15, 0.2) is 0 Å². The molecule has 0 heterocycles. The first kappa shape index (κ1) is 12.0. The summed E-state index contributed by atoms with van der Waals surface area (Å²) in [5, 5.41) is 3.63. The van der Waals surface area contributed by atoms with Gasteiger partial charge in [0.2, 0.25) is 0 Å². The Morgan fingerprint density at radius 1 is 1.29 bits per heavy atom. The van der Waals surface area contributed by atoms with E-state index in [1.54, 1.807) is 0 Å². The maximum absolute atomic E-state index is 3.63. The molecule has 0 aliphatic heterocycles. The standard InChI is InChI=1S/C12H26N2/c1-10(2)14(5)9-8-13-11(3)12(4)6-7-12/h10-11,13H,6-9H2,1-5H3. The molecule has 1 fully saturated rings. The maximum Gasteiger partial charge on any atom is 0.0107 e. The Balaban J connectivity index is 2.09. The van der Waals surface area contributed by atoms with Crippen molar-refractivity contribution in [3.8, 4) is 0 Å². The van der Waals surface area contributed by atoms with Crippen LogP contribution in [0.4, 0.5) is 0 Å². The summed E-state index contributed by atoms with van der Waals surface area (Å²) in [6.07, 6.45) is 2.81. The summed E-state index contributed by atoms with van der Waals surface area (Å²) in [7, 11) is 2.19. The van der Waals surface area contributed by atoms with Crippen LogP contribution in [0.2, 0.25) is 0 Å². The maximum atomic E-state index is 3.63. The van der Waals surface area contributed by atoms with E-state index in [1.165, 1.54) is 12.8 Å². The zero-order chi connectivity index (χ0) is 10.8. The highest BCUT2D eigenvalue weighted by Gasteiger charge is 2.41. The first-order valence-corrected chi connectivity index (χ1v) is 5.89. The topological polar surface area (TPSA) is 15.3 Å². The van der Waals surface area contributed by atoms with Gasteiger partial charge in [-0.25, -0.2) is 0 Å². The number of nitrogens with one attached hydrogen (secondary N) is 1. The van der Waals surface area contributed by atoms with Gasteiger partial charge in [0, 0.05) is 25.2 Å². The minimum absolute atomic E-state index is 0.608. The lowest BCUT2D eigenvalue weighted by atomic mass is 10.0. The van der Waals surface area contributed by atoms with E-state index in [2.05, 4.69) is 45.0 Å². The van der Waals surface area contributed by atoms with E-state index in [0.717, 1.165) is 13.1 Å². The summed E-state index contributed by atoms with van der Waals surface area (Å²) in [6, 6.07) is 1.34. The quantitative estimate of drug-likeness (QED) is 0.703. The molecule has 0 amide bonds. The van der Waals surface area contributed by atoms with Crippen LogP contribution in [0, 0.1) is 5.41 Å². The summed E-state index contributed by atoms with van der Waals surface area (Å²) in [4.78, 5) is 2.38. The second-order valence-corrected chi connectivity index (χ2v) is 5.40. The third-order valence-corrected chi connectivity index (χ3v) is 3.88. The van der Waals surface area contributed by atoms with E-state index in [-0.39, 0.29) is 0 Å². The van der Waals surface area contributed by atoms with Crippen molar-refractivity contribution in [2.24, 2.45) is 5.41 Å². The van der Waals surface area contributed by atoms with Crippen LogP contribution >= 0.6 is 0 Å². The Hall–Kier alpha value is -0.0800. The highest BCUT2D eigenvalue weighted by Crippen LogP contribution is 2.47. The third kappa shape index (κ3) is 3.25. The zero-order valence-electron chi connectivity index (χ0n) is 10.4. The van der Waals surface area contributed by atoms with Crippen LogP contribution in [0.15, 0.2) is 0 Å². The SMILES string of the molecule is CC(C)N(C)CCNC(C)C1(C)CC1. The van der Waals surface area contributed by atoms with Crippen LogP contribution in [0.3, 0.4) is 0 Å². The molecule has 1 aliphatic carbocycles. The second-order valence-electron chi connectivity index (χ2n) is 5.40. The van der Waals surface area contributed by atoms with E-state index >= 15 is 0 Å². The van der Waals surface area contributed by atoms with Gasteiger partial charge >= 0.3 is 0 Å². The summed E-state index contributed by atoms with van der Waals surface area (Å²) in [5.74, 6) is 0. The normalized spacial score (nSPS) is 21.6. The second kappa shape index (κ2) is 4.63. The number of likely N-dealkylation sites (N-methyl/N-ethyl adjacent to an activating group) is 1. The smallest absolute Gasteiger partial charge is 0.0107 e. The van der Waals surface area contributed by atoms with Gasteiger partial charge in [0.05, 0.1) is 0 Å². The lowest BCUT2D eigenvalue weighted by Gasteiger charge is -2.24. The molecule has 1 N–H and O–H groups in total. The van der Waals surface area contributed by atoms with Crippen molar-refractivity contribution in [1.82, 2.24) is 10.2 Å². The largest absolute Gasteiger partial charge is 0.312 e. The van der Waals surface area contributed by atoms with Gasteiger partial charge in [-0.15, -0.1) is 0 Å². The van der Waals surface area contributed by atoms with E-state index < -0.39 is 0 Å². The van der Waals surface area contributed by atoms with E-state index in [0.29, 0.717) is 17.5 Å². The molecule has 84 valence electrons. The van der Waals surface area contributed by atoms with Crippen molar-refractivity contribution in [3.05, 3.63) is 0 Å². The van der Waals surface area contributed by atoms with Crippen LogP contribution in [0.5, 0.6) is 0 Å². The molecule has 0 radical (unpaired) electrons. The fraction of sp³-hybridized carbons (Fsp3) is 1.00. The zero-order valence-corrected chi connectivity index (χ0v) is 10.4. The van der Waals surface area contributed by atoms with Crippen LogP contribution in [-0.4, -0.2) is 37.1 Å². The number of nitrogens with zero attached hydrogens (tertiary/aromatic N) is 1. The van der Waals surface area contributed by atoms with Gasteiger partial charge in [-0.3, -0.25) is 0 Å². The molecule has 1 saturated carbocycles. The van der Waals surface area contributed by atoms with Gasteiger partial charge in [-0.1, -0.05) is 6.92 Å². The molecule has 0 spiro atoms. The average molecular weight is 198 g/mol. The fourth-order valence-electron chi connectivity index (χ4n) is 1.59. The molecule has 0 bridgehead atoms. The van der Waals surface area contributed by atoms with Crippen LogP contribution in [-0.2, 0) is 0 Å². The van der Waals surface area contributed by atoms with Crippen molar-refractivity contribution in [2.45, 2.75) is 52.6 Å². The number of hydrogen-bond acceptors (Lipinski definition) is 2. The molecule has 1 rings (SSSR count). The minimum Gasteiger partial charge on any atom is -0.312 e. The molecule has 2 heteroatoms. The summed E-state index contributed by atoms with van der Waals surface area (Å²) < 4.78 is 0. The van der Waals surface area contributed by atoms with Crippen molar-refractivity contribution >= 4 is 0 Å². The van der Waals surface area contributed by atoms with Crippen molar-refractivity contribution in [3.63, 3.8) is 0 Å². The molecule has 14 heavy (non-hydrogen) atoms. The average Bonchev–Trinajstić information content (AvgIpc) is 2.84. The molecule has 0 aromatic rings. The monoisotopic (exact) mass is 198 g/mol. The molecule has 2 nitrogen and oxygen atoms in total. The first-order chi connectivity index (χ1) is 6.46. The Bertz CT molecular complexity index is 173. The molecular formula is C12H26N2. The van der Waals surface area contributed by atoms with E-state index in [1.807, 2.05) is 0 Å². The molecular weight excluding hydrogens is 172 g/mol. The fourth-order valence-corrected chi connectivity index (χ4v) is 1.59. The van der Waals surface area contributed by atoms with Gasteiger partial charge in [0.1, 0.15) is 0 Å². The van der Waals surface area contributed by atoms with Crippen LogP contribution < -0.4 is 5.32 Å². The molecule has 0 aromatic carbocycles. The van der Waals surface area contributed by atoms with Gasteiger partial charge < -0.3 is 10.2 Å². The predicted molar refractivity (Wildman–Crippen MR) is 62.6 cm³/mol. The van der Waals surface area contributed by atoms with Gasteiger partial charge in [-0.2, -0.15) is 0 Å². The predicted octanol–water partition coefficient (Wildman–Crippen LogP) is 2.10. The molecule has 1 unspecified atom stereocenters. The molecule has 1 atom stereocenters. The number of rotatable bonds is 6. The van der Waals surface area contributed by atoms with Gasteiger partial charge in [0.25, 0.3) is 0 Å². The van der Waals surface area contributed by atoms with E-state index in [4.69, 9.17) is 0 Å².